The van der Waals surface area contributed by atoms with Crippen molar-refractivity contribution in [1.29, 1.82) is 0 Å². The van der Waals surface area contributed by atoms with Gasteiger partial charge in [0.25, 0.3) is 5.91 Å². The molecule has 1 heterocycles. The summed E-state index contributed by atoms with van der Waals surface area (Å²) < 4.78 is 5.34. The van der Waals surface area contributed by atoms with E-state index in [0.717, 1.165) is 11.1 Å². The van der Waals surface area contributed by atoms with Gasteiger partial charge in [0.1, 0.15) is 0 Å². The number of nitrogens with one attached hydrogen (secondary N) is 1. The lowest BCUT2D eigenvalue weighted by Gasteiger charge is -2.29. The van der Waals surface area contributed by atoms with Crippen LogP contribution in [0, 0.1) is 0 Å². The van der Waals surface area contributed by atoms with Crippen LogP contribution >= 0.6 is 23.2 Å². The van der Waals surface area contributed by atoms with E-state index in [1.807, 2.05) is 25.1 Å². The van der Waals surface area contributed by atoms with Crippen molar-refractivity contribution < 1.29 is 9.53 Å². The van der Waals surface area contributed by atoms with Crippen LogP contribution < -0.4 is 5.32 Å². The largest absolute Gasteiger partial charge is 0.372 e. The van der Waals surface area contributed by atoms with Crippen LogP contribution in [0.25, 0.3) is 0 Å². The summed E-state index contributed by atoms with van der Waals surface area (Å²) in [5.41, 5.74) is 2.30. The van der Waals surface area contributed by atoms with Crippen LogP contribution in [0.15, 0.2) is 18.2 Å². The Bertz CT molecular complexity index is 464. The third-order valence-corrected chi connectivity index (χ3v) is 4.57. The highest BCUT2D eigenvalue weighted by Crippen LogP contribution is 2.22. The molecule has 1 aromatic rings. The fourth-order valence-corrected chi connectivity index (χ4v) is 2.80. The first kappa shape index (κ1) is 14.6. The minimum atomic E-state index is -0.546. The van der Waals surface area contributed by atoms with E-state index in [2.05, 4.69) is 5.32 Å². The van der Waals surface area contributed by atoms with Crippen molar-refractivity contribution in [2.24, 2.45) is 0 Å². The number of fused-ring (bicyclic) bond motifs is 1. The number of hydrogen-bond donors (Lipinski definition) is 1. The predicted octanol–water partition coefficient (Wildman–Crippen LogP) is 3.07. The van der Waals surface area contributed by atoms with Crippen LogP contribution in [0.1, 0.15) is 34.8 Å². The summed E-state index contributed by atoms with van der Waals surface area (Å²) >= 11 is 11.9. The molecule has 19 heavy (non-hydrogen) atoms. The van der Waals surface area contributed by atoms with Crippen LogP contribution in [0.5, 0.6) is 0 Å². The highest BCUT2D eigenvalue weighted by molar-refractivity contribution is 6.22. The van der Waals surface area contributed by atoms with Crippen LogP contribution in [-0.4, -0.2) is 23.2 Å². The number of hydrogen-bond acceptors (Lipinski definition) is 2. The first-order valence-corrected chi connectivity index (χ1v) is 7.35. The minimum Gasteiger partial charge on any atom is -0.372 e. The molecule has 0 unspecified atom stereocenters. The standard InChI is InChI=1S/C14H17Cl2NO2/c1-2-14(8-15,9-16)17-13(18)10-3-4-11-6-19-7-12(11)5-10/h3-5H,2,6-9H2,1H3,(H,17,18). The van der Waals surface area contributed by atoms with Crippen LogP contribution in [0.2, 0.25) is 0 Å². The van der Waals surface area contributed by atoms with Gasteiger partial charge in [-0.15, -0.1) is 23.2 Å². The maximum atomic E-state index is 12.3. The Balaban J connectivity index is 2.16. The maximum Gasteiger partial charge on any atom is 0.251 e. The predicted molar refractivity (Wildman–Crippen MR) is 76.9 cm³/mol. The second-order valence-electron chi connectivity index (χ2n) is 4.83. The van der Waals surface area contributed by atoms with E-state index < -0.39 is 5.54 Å². The normalized spacial score (nSPS) is 14.3. The fraction of sp³-hybridized carbons (Fsp3) is 0.500. The molecule has 0 fully saturated rings. The quantitative estimate of drug-likeness (QED) is 0.849. The van der Waals surface area contributed by atoms with Gasteiger partial charge in [0.2, 0.25) is 0 Å². The summed E-state index contributed by atoms with van der Waals surface area (Å²) in [4.78, 5) is 12.3. The smallest absolute Gasteiger partial charge is 0.251 e. The van der Waals surface area contributed by atoms with Crippen molar-refractivity contribution in [2.45, 2.75) is 32.1 Å². The van der Waals surface area contributed by atoms with Gasteiger partial charge < -0.3 is 10.1 Å². The molecule has 1 N–H and O–H groups in total. The van der Waals surface area contributed by atoms with E-state index in [1.165, 1.54) is 0 Å². The summed E-state index contributed by atoms with van der Waals surface area (Å²) in [7, 11) is 0. The summed E-state index contributed by atoms with van der Waals surface area (Å²) in [6, 6.07) is 5.62. The monoisotopic (exact) mass is 301 g/mol. The number of carbonyl (C=O) groups is 1. The molecular weight excluding hydrogens is 285 g/mol. The molecule has 1 aromatic carbocycles. The molecule has 0 radical (unpaired) electrons. The van der Waals surface area contributed by atoms with E-state index in [-0.39, 0.29) is 5.91 Å². The van der Waals surface area contributed by atoms with Crippen LogP contribution in [0.4, 0.5) is 0 Å². The Morgan fingerprint density at radius 3 is 2.63 bits per heavy atom. The molecule has 5 heteroatoms. The third kappa shape index (κ3) is 3.04. The molecule has 0 bridgehead atoms. The highest BCUT2D eigenvalue weighted by Gasteiger charge is 2.29. The molecule has 3 nitrogen and oxygen atoms in total. The Labute approximate surface area is 123 Å². The summed E-state index contributed by atoms with van der Waals surface area (Å²) in [6.45, 7) is 3.15. The lowest BCUT2D eigenvalue weighted by atomic mass is 9.99. The zero-order valence-corrected chi connectivity index (χ0v) is 12.4. The fourth-order valence-electron chi connectivity index (χ4n) is 2.01. The molecule has 104 valence electrons. The van der Waals surface area contributed by atoms with Gasteiger partial charge in [-0.1, -0.05) is 13.0 Å². The van der Waals surface area contributed by atoms with Crippen molar-refractivity contribution in [3.05, 3.63) is 34.9 Å². The second kappa shape index (κ2) is 6.12. The average molecular weight is 302 g/mol. The van der Waals surface area contributed by atoms with E-state index in [9.17, 15) is 4.79 Å². The van der Waals surface area contributed by atoms with Gasteiger partial charge in [0.15, 0.2) is 0 Å². The zero-order valence-electron chi connectivity index (χ0n) is 10.8. The van der Waals surface area contributed by atoms with Crippen molar-refractivity contribution in [1.82, 2.24) is 5.32 Å². The van der Waals surface area contributed by atoms with E-state index in [1.54, 1.807) is 0 Å². The molecular formula is C14H17Cl2NO2. The van der Waals surface area contributed by atoms with E-state index >= 15 is 0 Å². The molecule has 0 aliphatic carbocycles. The van der Waals surface area contributed by atoms with Gasteiger partial charge in [-0.05, 0) is 29.7 Å². The second-order valence-corrected chi connectivity index (χ2v) is 5.37. The number of benzene rings is 1. The topological polar surface area (TPSA) is 38.3 Å². The van der Waals surface area contributed by atoms with Gasteiger partial charge >= 0.3 is 0 Å². The lowest BCUT2D eigenvalue weighted by Crippen LogP contribution is -2.51. The SMILES string of the molecule is CCC(CCl)(CCl)NC(=O)c1ccc2c(c1)COC2. The molecule has 0 saturated heterocycles. The molecule has 1 amide bonds. The van der Waals surface area contributed by atoms with Crippen molar-refractivity contribution in [3.63, 3.8) is 0 Å². The third-order valence-electron chi connectivity index (χ3n) is 3.55. The molecule has 2 rings (SSSR count). The number of amides is 1. The Morgan fingerprint density at radius 2 is 2.00 bits per heavy atom. The van der Waals surface area contributed by atoms with Crippen LogP contribution in [-0.2, 0) is 18.0 Å². The average Bonchev–Trinajstić information content (AvgIpc) is 2.92. The minimum absolute atomic E-state index is 0.141. The number of alkyl halides is 2. The van der Waals surface area contributed by atoms with E-state index in [4.69, 9.17) is 27.9 Å². The molecule has 1 aliphatic heterocycles. The molecule has 0 aromatic heterocycles. The zero-order chi connectivity index (χ0) is 13.9. The van der Waals surface area contributed by atoms with Gasteiger partial charge in [-0.25, -0.2) is 0 Å². The Morgan fingerprint density at radius 1 is 1.32 bits per heavy atom. The Kier molecular flexibility index (Phi) is 4.71. The van der Waals surface area contributed by atoms with Crippen LogP contribution in [0.3, 0.4) is 0 Å². The summed E-state index contributed by atoms with van der Waals surface area (Å²) in [5.74, 6) is 0.456. The Hall–Kier alpha value is -0.770. The maximum absolute atomic E-state index is 12.3. The first-order valence-electron chi connectivity index (χ1n) is 6.28. The number of ether oxygens (including phenoxy) is 1. The molecule has 0 atom stereocenters. The van der Waals surface area contributed by atoms with Gasteiger partial charge in [-0.3, -0.25) is 4.79 Å². The molecule has 0 spiro atoms. The van der Waals surface area contributed by atoms with Crippen molar-refractivity contribution >= 4 is 29.1 Å². The summed E-state index contributed by atoms with van der Waals surface area (Å²) in [6.07, 6.45) is 0.694. The molecule has 1 aliphatic rings. The van der Waals surface area contributed by atoms with Crippen molar-refractivity contribution in [2.75, 3.05) is 11.8 Å². The molecule has 0 saturated carbocycles. The first-order chi connectivity index (χ1) is 9.14. The van der Waals surface area contributed by atoms with E-state index in [0.29, 0.717) is 37.0 Å². The van der Waals surface area contributed by atoms with Gasteiger partial charge in [0.05, 0.1) is 18.8 Å². The number of halogens is 2. The number of rotatable bonds is 5. The summed E-state index contributed by atoms with van der Waals surface area (Å²) in [5, 5.41) is 2.94. The van der Waals surface area contributed by atoms with Gasteiger partial charge in [-0.2, -0.15) is 0 Å². The lowest BCUT2D eigenvalue weighted by molar-refractivity contribution is 0.0913. The van der Waals surface area contributed by atoms with Gasteiger partial charge in [0, 0.05) is 17.3 Å². The number of carbonyl (C=O) groups excluding carboxylic acids is 1. The highest BCUT2D eigenvalue weighted by atomic mass is 35.5. The van der Waals surface area contributed by atoms with Crippen molar-refractivity contribution in [3.8, 4) is 0 Å².